The lowest BCUT2D eigenvalue weighted by molar-refractivity contribution is -0.156. The molecule has 4 rings (SSSR count). The Balaban J connectivity index is 1.82. The average Bonchev–Trinajstić information content (AvgIpc) is 2.32. The van der Waals surface area contributed by atoms with Gasteiger partial charge in [0.25, 0.3) is 0 Å². The van der Waals surface area contributed by atoms with Gasteiger partial charge in [-0.05, 0) is 61.7 Å². The molecule has 4 aliphatic rings. The molecule has 0 aromatic carbocycles. The number of carboxylic acids is 1. The quantitative estimate of drug-likeness (QED) is 0.577. The number of hydrogen-bond acceptors (Lipinski definition) is 3. The second-order valence-electron chi connectivity index (χ2n) is 6.65. The lowest BCUT2D eigenvalue weighted by Gasteiger charge is -2.56. The minimum absolute atomic E-state index is 0.197. The van der Waals surface area contributed by atoms with Gasteiger partial charge in [-0.15, -0.1) is 0 Å². The fourth-order valence-electron chi connectivity index (χ4n) is 5.23. The van der Waals surface area contributed by atoms with E-state index in [2.05, 4.69) is 5.43 Å². The standard InChI is InChI=1S/C14H22N2O3/c1-16(15-7-17)13(14(18)19)12-10-3-8-2-9(5-10)6-11(12)4-8/h7-13H,2-6H2,1H3,(H,15,17)(H,18,19). The van der Waals surface area contributed by atoms with E-state index in [-0.39, 0.29) is 5.92 Å². The molecule has 4 bridgehead atoms. The van der Waals surface area contributed by atoms with Crippen LogP contribution in [0.15, 0.2) is 0 Å². The summed E-state index contributed by atoms with van der Waals surface area (Å²) in [7, 11) is 1.66. The van der Waals surface area contributed by atoms with Crippen LogP contribution in [-0.2, 0) is 9.59 Å². The van der Waals surface area contributed by atoms with Crippen molar-refractivity contribution >= 4 is 12.4 Å². The van der Waals surface area contributed by atoms with E-state index in [9.17, 15) is 14.7 Å². The lowest BCUT2D eigenvalue weighted by Crippen LogP contribution is -2.58. The van der Waals surface area contributed by atoms with Gasteiger partial charge >= 0.3 is 5.97 Å². The van der Waals surface area contributed by atoms with E-state index < -0.39 is 12.0 Å². The summed E-state index contributed by atoms with van der Waals surface area (Å²) in [6.45, 7) is 0. The third kappa shape index (κ3) is 2.14. The molecule has 0 aliphatic heterocycles. The maximum Gasteiger partial charge on any atom is 0.323 e. The molecule has 4 saturated carbocycles. The highest BCUT2D eigenvalue weighted by molar-refractivity contribution is 5.74. The zero-order chi connectivity index (χ0) is 13.6. The van der Waals surface area contributed by atoms with E-state index in [1.165, 1.54) is 37.1 Å². The van der Waals surface area contributed by atoms with Gasteiger partial charge in [0.15, 0.2) is 0 Å². The fourth-order valence-corrected chi connectivity index (χ4v) is 5.23. The predicted octanol–water partition coefficient (Wildman–Crippen LogP) is 1.10. The molecule has 1 amide bonds. The largest absolute Gasteiger partial charge is 0.480 e. The van der Waals surface area contributed by atoms with Crippen LogP contribution in [0.2, 0.25) is 0 Å². The zero-order valence-electron chi connectivity index (χ0n) is 11.3. The maximum atomic E-state index is 11.6. The van der Waals surface area contributed by atoms with Gasteiger partial charge in [0.05, 0.1) is 0 Å². The Kier molecular flexibility index (Phi) is 3.25. The number of hydrazine groups is 1. The molecular weight excluding hydrogens is 244 g/mol. The summed E-state index contributed by atoms with van der Waals surface area (Å²) in [6.07, 6.45) is 6.69. The van der Waals surface area contributed by atoms with Gasteiger partial charge in [-0.1, -0.05) is 0 Å². The zero-order valence-corrected chi connectivity index (χ0v) is 11.3. The van der Waals surface area contributed by atoms with E-state index in [0.29, 0.717) is 18.2 Å². The van der Waals surface area contributed by atoms with Crippen molar-refractivity contribution in [3.63, 3.8) is 0 Å². The Morgan fingerprint density at radius 2 is 1.74 bits per heavy atom. The number of carbonyl (C=O) groups excluding carboxylic acids is 1. The number of carbonyl (C=O) groups is 2. The van der Waals surface area contributed by atoms with Gasteiger partial charge in [-0.25, -0.2) is 5.01 Å². The number of likely N-dealkylation sites (N-methyl/N-ethyl adjacent to an activating group) is 1. The number of rotatable bonds is 5. The Morgan fingerprint density at radius 3 is 2.16 bits per heavy atom. The van der Waals surface area contributed by atoms with E-state index in [1.807, 2.05) is 0 Å². The third-order valence-electron chi connectivity index (χ3n) is 5.59. The minimum atomic E-state index is -0.811. The molecule has 0 saturated heterocycles. The number of aliphatic carboxylic acids is 1. The summed E-state index contributed by atoms with van der Waals surface area (Å²) in [5.41, 5.74) is 2.51. The predicted molar refractivity (Wildman–Crippen MR) is 68.9 cm³/mol. The van der Waals surface area contributed by atoms with Crippen molar-refractivity contribution in [2.24, 2.45) is 29.6 Å². The molecule has 5 heteroatoms. The smallest absolute Gasteiger partial charge is 0.323 e. The maximum absolute atomic E-state index is 11.6. The number of carboxylic acid groups (broad SMARTS) is 1. The van der Waals surface area contributed by atoms with Crippen molar-refractivity contribution in [1.82, 2.24) is 10.4 Å². The highest BCUT2D eigenvalue weighted by atomic mass is 16.4. The van der Waals surface area contributed by atoms with E-state index >= 15 is 0 Å². The first-order valence-corrected chi connectivity index (χ1v) is 7.25. The first kappa shape index (κ1) is 12.9. The van der Waals surface area contributed by atoms with Crippen LogP contribution in [0.25, 0.3) is 0 Å². The fraction of sp³-hybridized carbons (Fsp3) is 0.857. The molecule has 4 aliphatic carbocycles. The van der Waals surface area contributed by atoms with Crippen LogP contribution in [0.5, 0.6) is 0 Å². The Hall–Kier alpha value is -1.10. The molecule has 1 atom stereocenters. The summed E-state index contributed by atoms with van der Waals surface area (Å²) in [6, 6.07) is -0.583. The summed E-state index contributed by atoms with van der Waals surface area (Å²) in [5.74, 6) is 2.12. The van der Waals surface area contributed by atoms with Gasteiger partial charge in [0, 0.05) is 7.05 Å². The monoisotopic (exact) mass is 266 g/mol. The number of nitrogens with one attached hydrogen (secondary N) is 1. The SMILES string of the molecule is CN(NC=O)C(C(=O)O)C1C2CC3CC(C2)CC1C3. The second-order valence-corrected chi connectivity index (χ2v) is 6.65. The van der Waals surface area contributed by atoms with Crippen molar-refractivity contribution < 1.29 is 14.7 Å². The van der Waals surface area contributed by atoms with E-state index in [1.54, 1.807) is 7.05 Å². The third-order valence-corrected chi connectivity index (χ3v) is 5.59. The molecule has 4 fully saturated rings. The van der Waals surface area contributed by atoms with Gasteiger partial charge in [-0.3, -0.25) is 15.0 Å². The molecule has 2 N–H and O–H groups in total. The van der Waals surface area contributed by atoms with Crippen LogP contribution in [0.3, 0.4) is 0 Å². The molecule has 5 nitrogen and oxygen atoms in total. The van der Waals surface area contributed by atoms with Crippen molar-refractivity contribution in [3.05, 3.63) is 0 Å². The molecule has 0 heterocycles. The van der Waals surface area contributed by atoms with E-state index in [4.69, 9.17) is 0 Å². The summed E-state index contributed by atoms with van der Waals surface area (Å²) < 4.78 is 0. The highest BCUT2D eigenvalue weighted by Gasteiger charge is 2.53. The van der Waals surface area contributed by atoms with Gasteiger partial charge in [0.2, 0.25) is 6.41 Å². The van der Waals surface area contributed by atoms with Crippen molar-refractivity contribution in [1.29, 1.82) is 0 Å². The second kappa shape index (κ2) is 4.78. The van der Waals surface area contributed by atoms with Crippen molar-refractivity contribution in [2.75, 3.05) is 7.05 Å². The van der Waals surface area contributed by atoms with Crippen LogP contribution < -0.4 is 5.43 Å². The highest BCUT2D eigenvalue weighted by Crippen LogP contribution is 2.57. The Labute approximate surface area is 113 Å². The first-order chi connectivity index (χ1) is 9.10. The molecule has 106 valence electrons. The Morgan fingerprint density at radius 1 is 1.21 bits per heavy atom. The van der Waals surface area contributed by atoms with Crippen LogP contribution in [-0.4, -0.2) is 35.6 Å². The average molecular weight is 266 g/mol. The van der Waals surface area contributed by atoms with Crippen LogP contribution in [0, 0.1) is 29.6 Å². The summed E-state index contributed by atoms with van der Waals surface area (Å²) in [5, 5.41) is 11.0. The molecule has 0 spiro atoms. The topological polar surface area (TPSA) is 69.6 Å². The van der Waals surface area contributed by atoms with Crippen molar-refractivity contribution in [2.45, 2.75) is 38.1 Å². The van der Waals surface area contributed by atoms with Gasteiger partial charge in [-0.2, -0.15) is 0 Å². The molecule has 1 unspecified atom stereocenters. The van der Waals surface area contributed by atoms with Gasteiger partial charge in [0.1, 0.15) is 6.04 Å². The number of hydrogen-bond donors (Lipinski definition) is 2. The van der Waals surface area contributed by atoms with Crippen LogP contribution in [0.4, 0.5) is 0 Å². The summed E-state index contributed by atoms with van der Waals surface area (Å²) in [4.78, 5) is 22.2. The summed E-state index contributed by atoms with van der Waals surface area (Å²) >= 11 is 0. The van der Waals surface area contributed by atoms with Crippen LogP contribution in [0.1, 0.15) is 32.1 Å². The van der Waals surface area contributed by atoms with Crippen molar-refractivity contribution in [3.8, 4) is 0 Å². The number of nitrogens with zero attached hydrogens (tertiary/aromatic N) is 1. The van der Waals surface area contributed by atoms with Crippen LogP contribution >= 0.6 is 0 Å². The Bertz CT molecular complexity index is 357. The molecule has 0 radical (unpaired) electrons. The first-order valence-electron chi connectivity index (χ1n) is 7.25. The lowest BCUT2D eigenvalue weighted by atomic mass is 9.50. The molecule has 0 aromatic heterocycles. The minimum Gasteiger partial charge on any atom is -0.480 e. The van der Waals surface area contributed by atoms with Gasteiger partial charge < -0.3 is 5.11 Å². The molecule has 19 heavy (non-hydrogen) atoms. The molecule has 0 aromatic rings. The van der Waals surface area contributed by atoms with E-state index in [0.717, 1.165) is 11.8 Å². The molecular formula is C14H22N2O3. The normalized spacial score (nSPS) is 41.3. The number of amides is 1.